The number of ether oxygens (including phenoxy) is 1. The fourth-order valence-corrected chi connectivity index (χ4v) is 2.32. The third-order valence-electron chi connectivity index (χ3n) is 3.58. The van der Waals surface area contributed by atoms with Gasteiger partial charge in [-0.05, 0) is 17.9 Å². The van der Waals surface area contributed by atoms with E-state index in [2.05, 4.69) is 49.5 Å². The van der Waals surface area contributed by atoms with Crippen molar-refractivity contribution in [3.8, 4) is 0 Å². The average molecular weight is 233 g/mol. The molecule has 2 rings (SSSR count). The lowest BCUT2D eigenvalue weighted by Gasteiger charge is -2.26. The average Bonchev–Trinajstić information content (AvgIpc) is 2.83. The van der Waals surface area contributed by atoms with Gasteiger partial charge in [-0.3, -0.25) is 0 Å². The summed E-state index contributed by atoms with van der Waals surface area (Å²) in [5, 5.41) is 3.59. The van der Waals surface area contributed by atoms with E-state index < -0.39 is 0 Å². The highest BCUT2D eigenvalue weighted by Gasteiger charge is 2.21. The van der Waals surface area contributed by atoms with Crippen LogP contribution in [0.15, 0.2) is 30.3 Å². The molecule has 1 aliphatic heterocycles. The normalized spacial score (nSPS) is 20.7. The molecule has 1 N–H and O–H groups in total. The highest BCUT2D eigenvalue weighted by molar-refractivity contribution is 5.23. The summed E-state index contributed by atoms with van der Waals surface area (Å²) in [7, 11) is 0. The molecule has 1 aliphatic rings. The van der Waals surface area contributed by atoms with Crippen LogP contribution in [0.2, 0.25) is 0 Å². The van der Waals surface area contributed by atoms with Crippen molar-refractivity contribution >= 4 is 0 Å². The first-order valence-corrected chi connectivity index (χ1v) is 6.52. The monoisotopic (exact) mass is 233 g/mol. The van der Waals surface area contributed by atoms with E-state index in [0.29, 0.717) is 5.92 Å². The predicted octanol–water partition coefficient (Wildman–Crippen LogP) is 2.59. The number of benzene rings is 1. The molecule has 1 atom stereocenters. The molecular weight excluding hydrogens is 210 g/mol. The molecule has 1 aromatic rings. The third-order valence-corrected chi connectivity index (χ3v) is 3.58. The summed E-state index contributed by atoms with van der Waals surface area (Å²) in [6, 6.07) is 10.7. The second-order valence-corrected chi connectivity index (χ2v) is 5.61. The Kier molecular flexibility index (Phi) is 4.19. The van der Waals surface area contributed by atoms with Gasteiger partial charge in [-0.2, -0.15) is 0 Å². The van der Waals surface area contributed by atoms with Gasteiger partial charge in [-0.25, -0.2) is 0 Å². The molecule has 0 bridgehead atoms. The first-order chi connectivity index (χ1) is 8.18. The van der Waals surface area contributed by atoms with Crippen LogP contribution in [-0.4, -0.2) is 26.3 Å². The minimum absolute atomic E-state index is 0.195. The molecule has 0 spiro atoms. The van der Waals surface area contributed by atoms with Crippen LogP contribution < -0.4 is 5.32 Å². The van der Waals surface area contributed by atoms with E-state index in [9.17, 15) is 0 Å². The molecule has 0 aromatic heterocycles. The minimum atomic E-state index is 0.195. The highest BCUT2D eigenvalue weighted by Crippen LogP contribution is 2.22. The predicted molar refractivity (Wildman–Crippen MR) is 71.3 cm³/mol. The van der Waals surface area contributed by atoms with Crippen LogP contribution in [0.5, 0.6) is 0 Å². The Morgan fingerprint density at radius 3 is 2.71 bits per heavy atom. The molecular formula is C15H23NO. The van der Waals surface area contributed by atoms with Crippen LogP contribution in [0.4, 0.5) is 0 Å². The second-order valence-electron chi connectivity index (χ2n) is 5.61. The molecule has 1 unspecified atom stereocenters. The van der Waals surface area contributed by atoms with Gasteiger partial charge < -0.3 is 10.1 Å². The zero-order valence-corrected chi connectivity index (χ0v) is 10.9. The Balaban J connectivity index is 1.80. The highest BCUT2D eigenvalue weighted by atomic mass is 16.5. The van der Waals surface area contributed by atoms with E-state index in [1.165, 1.54) is 12.0 Å². The van der Waals surface area contributed by atoms with Gasteiger partial charge in [0.15, 0.2) is 0 Å². The van der Waals surface area contributed by atoms with Crippen LogP contribution >= 0.6 is 0 Å². The number of rotatable bonds is 5. The molecule has 1 fully saturated rings. The third kappa shape index (κ3) is 3.55. The summed E-state index contributed by atoms with van der Waals surface area (Å²) in [4.78, 5) is 0. The van der Waals surface area contributed by atoms with Gasteiger partial charge in [-0.1, -0.05) is 44.2 Å². The van der Waals surface area contributed by atoms with Gasteiger partial charge in [0.1, 0.15) is 0 Å². The van der Waals surface area contributed by atoms with Crippen molar-refractivity contribution in [2.24, 2.45) is 5.92 Å². The smallest absolute Gasteiger partial charge is 0.0507 e. The maximum Gasteiger partial charge on any atom is 0.0507 e. The first kappa shape index (κ1) is 12.6. The SMILES string of the molecule is CC(C)(CNCC1CCOC1)c1ccccc1. The van der Waals surface area contributed by atoms with E-state index >= 15 is 0 Å². The lowest BCUT2D eigenvalue weighted by Crippen LogP contribution is -2.35. The lowest BCUT2D eigenvalue weighted by molar-refractivity contribution is 0.185. The summed E-state index contributed by atoms with van der Waals surface area (Å²) >= 11 is 0. The van der Waals surface area contributed by atoms with Crippen molar-refractivity contribution in [3.63, 3.8) is 0 Å². The van der Waals surface area contributed by atoms with E-state index in [4.69, 9.17) is 4.74 Å². The molecule has 17 heavy (non-hydrogen) atoms. The second kappa shape index (κ2) is 5.65. The fraction of sp³-hybridized carbons (Fsp3) is 0.600. The Labute approximate surface area is 104 Å². The number of hydrogen-bond acceptors (Lipinski definition) is 2. The summed E-state index contributed by atoms with van der Waals surface area (Å²) in [6.45, 7) is 8.55. The standard InChI is InChI=1S/C15H23NO/c1-15(2,14-6-4-3-5-7-14)12-16-10-13-8-9-17-11-13/h3-7,13,16H,8-12H2,1-2H3. The molecule has 2 nitrogen and oxygen atoms in total. The summed E-state index contributed by atoms with van der Waals surface area (Å²) in [5.41, 5.74) is 1.59. The molecule has 94 valence electrons. The molecule has 1 aromatic carbocycles. The van der Waals surface area contributed by atoms with E-state index in [-0.39, 0.29) is 5.41 Å². The van der Waals surface area contributed by atoms with Gasteiger partial charge in [-0.15, -0.1) is 0 Å². The van der Waals surface area contributed by atoms with Gasteiger partial charge in [0.2, 0.25) is 0 Å². The first-order valence-electron chi connectivity index (χ1n) is 6.52. The summed E-state index contributed by atoms with van der Waals surface area (Å²) < 4.78 is 5.38. The molecule has 2 heteroatoms. The van der Waals surface area contributed by atoms with Crippen molar-refractivity contribution in [1.82, 2.24) is 5.32 Å². The molecule has 0 radical (unpaired) electrons. The van der Waals surface area contributed by atoms with Crippen LogP contribution in [0.3, 0.4) is 0 Å². The van der Waals surface area contributed by atoms with Gasteiger partial charge >= 0.3 is 0 Å². The van der Waals surface area contributed by atoms with Crippen molar-refractivity contribution < 1.29 is 4.74 Å². The maximum atomic E-state index is 5.38. The number of nitrogens with one attached hydrogen (secondary N) is 1. The van der Waals surface area contributed by atoms with Crippen LogP contribution in [0, 0.1) is 5.92 Å². The Morgan fingerprint density at radius 2 is 2.06 bits per heavy atom. The van der Waals surface area contributed by atoms with Gasteiger partial charge in [0, 0.05) is 25.1 Å². The minimum Gasteiger partial charge on any atom is -0.381 e. The Morgan fingerprint density at radius 1 is 1.29 bits per heavy atom. The zero-order chi connectivity index (χ0) is 12.1. The van der Waals surface area contributed by atoms with Crippen molar-refractivity contribution in [2.45, 2.75) is 25.7 Å². The quantitative estimate of drug-likeness (QED) is 0.844. The van der Waals surface area contributed by atoms with Crippen LogP contribution in [-0.2, 0) is 10.2 Å². The topological polar surface area (TPSA) is 21.3 Å². The van der Waals surface area contributed by atoms with E-state index in [0.717, 1.165) is 26.3 Å². The Hall–Kier alpha value is -0.860. The molecule has 1 heterocycles. The number of hydrogen-bond donors (Lipinski definition) is 1. The Bertz CT molecular complexity index is 328. The maximum absolute atomic E-state index is 5.38. The lowest BCUT2D eigenvalue weighted by atomic mass is 9.84. The summed E-state index contributed by atoms with van der Waals surface area (Å²) in [5.74, 6) is 0.710. The van der Waals surface area contributed by atoms with Crippen molar-refractivity contribution in [1.29, 1.82) is 0 Å². The molecule has 1 saturated heterocycles. The van der Waals surface area contributed by atoms with Crippen LogP contribution in [0.1, 0.15) is 25.8 Å². The van der Waals surface area contributed by atoms with Crippen molar-refractivity contribution in [2.75, 3.05) is 26.3 Å². The van der Waals surface area contributed by atoms with E-state index in [1.807, 2.05) is 0 Å². The summed E-state index contributed by atoms with van der Waals surface area (Å²) in [6.07, 6.45) is 1.21. The largest absolute Gasteiger partial charge is 0.381 e. The van der Waals surface area contributed by atoms with E-state index in [1.54, 1.807) is 0 Å². The van der Waals surface area contributed by atoms with Crippen molar-refractivity contribution in [3.05, 3.63) is 35.9 Å². The van der Waals surface area contributed by atoms with Crippen LogP contribution in [0.25, 0.3) is 0 Å². The molecule has 0 saturated carbocycles. The fourth-order valence-electron chi connectivity index (χ4n) is 2.32. The molecule has 0 amide bonds. The molecule has 0 aliphatic carbocycles. The van der Waals surface area contributed by atoms with Gasteiger partial charge in [0.25, 0.3) is 0 Å². The van der Waals surface area contributed by atoms with Gasteiger partial charge in [0.05, 0.1) is 6.61 Å². The zero-order valence-electron chi connectivity index (χ0n) is 10.9.